The van der Waals surface area contributed by atoms with Crippen LogP contribution in [0.3, 0.4) is 0 Å². The second kappa shape index (κ2) is 6.49. The lowest BCUT2D eigenvalue weighted by molar-refractivity contribution is -0.133. The molecule has 1 unspecified atom stereocenters. The normalized spacial score (nSPS) is 23.6. The molecule has 1 N–H and O–H groups in total. The summed E-state index contributed by atoms with van der Waals surface area (Å²) < 4.78 is 5.37. The topological polar surface area (TPSA) is 61.9 Å². The number of likely N-dealkylation sites (tertiary alicyclic amines) is 1. The van der Waals surface area contributed by atoms with E-state index in [9.17, 15) is 9.59 Å². The lowest BCUT2D eigenvalue weighted by atomic mass is 9.87. The summed E-state index contributed by atoms with van der Waals surface area (Å²) in [5.41, 5.74) is 2.68. The Morgan fingerprint density at radius 2 is 2.19 bits per heavy atom. The van der Waals surface area contributed by atoms with Gasteiger partial charge in [0, 0.05) is 45.1 Å². The number of ether oxygens (including phenoxy) is 1. The lowest BCUT2D eigenvalue weighted by Gasteiger charge is -2.36. The highest BCUT2D eigenvalue weighted by Crippen LogP contribution is 2.53. The molecule has 0 aromatic heterocycles. The molecule has 2 heterocycles. The first-order valence-corrected chi connectivity index (χ1v) is 9.45. The first-order valence-electron chi connectivity index (χ1n) is 9.45. The van der Waals surface area contributed by atoms with Gasteiger partial charge in [0.1, 0.15) is 5.75 Å². The highest BCUT2D eigenvalue weighted by Gasteiger charge is 2.50. The molecule has 6 nitrogen and oxygen atoms in total. The van der Waals surface area contributed by atoms with E-state index < -0.39 is 0 Å². The smallest absolute Gasteiger partial charge is 0.317 e. The summed E-state index contributed by atoms with van der Waals surface area (Å²) in [6.07, 6.45) is 3.74. The van der Waals surface area contributed by atoms with Gasteiger partial charge in [-0.25, -0.2) is 4.79 Å². The van der Waals surface area contributed by atoms with Gasteiger partial charge in [0.15, 0.2) is 0 Å². The SMILES string of the molecule is COc1ccc2c(c1)C1(CC1)CN(C(=O)NCC1CCN(C)C(=O)C1)C2. The third-order valence-electron chi connectivity index (χ3n) is 6.19. The van der Waals surface area contributed by atoms with Crippen LogP contribution in [0.5, 0.6) is 5.75 Å². The van der Waals surface area contributed by atoms with Crippen LogP contribution in [0.4, 0.5) is 4.79 Å². The van der Waals surface area contributed by atoms with Crippen molar-refractivity contribution in [3.63, 3.8) is 0 Å². The number of rotatable bonds is 3. The van der Waals surface area contributed by atoms with Crippen molar-refractivity contribution in [1.29, 1.82) is 0 Å². The molecule has 1 aromatic rings. The second-order valence-electron chi connectivity index (χ2n) is 8.02. The summed E-state index contributed by atoms with van der Waals surface area (Å²) in [5, 5.41) is 3.07. The number of amides is 3. The van der Waals surface area contributed by atoms with Crippen molar-refractivity contribution in [1.82, 2.24) is 15.1 Å². The van der Waals surface area contributed by atoms with E-state index in [1.807, 2.05) is 18.0 Å². The Kier molecular flexibility index (Phi) is 4.29. The maximum Gasteiger partial charge on any atom is 0.317 e. The molecule has 0 bridgehead atoms. The molecule has 2 fully saturated rings. The second-order valence-corrected chi connectivity index (χ2v) is 8.02. The van der Waals surface area contributed by atoms with E-state index >= 15 is 0 Å². The maximum atomic E-state index is 12.7. The van der Waals surface area contributed by atoms with Crippen molar-refractivity contribution in [2.75, 3.05) is 33.8 Å². The van der Waals surface area contributed by atoms with Crippen molar-refractivity contribution in [3.8, 4) is 5.75 Å². The molecule has 1 saturated carbocycles. The van der Waals surface area contributed by atoms with Crippen molar-refractivity contribution in [2.45, 2.75) is 37.6 Å². The summed E-state index contributed by atoms with van der Waals surface area (Å²) >= 11 is 0. The molecular formula is C20H27N3O3. The van der Waals surface area contributed by atoms with Crippen LogP contribution in [-0.4, -0.2) is 55.5 Å². The van der Waals surface area contributed by atoms with Gasteiger partial charge >= 0.3 is 6.03 Å². The lowest BCUT2D eigenvalue weighted by Crippen LogP contribution is -2.48. The highest BCUT2D eigenvalue weighted by molar-refractivity contribution is 5.77. The first-order chi connectivity index (χ1) is 12.5. The molecule has 2 aliphatic heterocycles. The van der Waals surface area contributed by atoms with Crippen LogP contribution in [0.25, 0.3) is 0 Å². The number of urea groups is 1. The third kappa shape index (κ3) is 3.13. The number of hydrogen-bond donors (Lipinski definition) is 1. The number of carbonyl (C=O) groups excluding carboxylic acids is 2. The number of benzene rings is 1. The minimum Gasteiger partial charge on any atom is -0.497 e. The van der Waals surface area contributed by atoms with E-state index in [1.54, 1.807) is 12.0 Å². The van der Waals surface area contributed by atoms with Gasteiger partial charge in [-0.15, -0.1) is 0 Å². The van der Waals surface area contributed by atoms with Gasteiger partial charge in [-0.2, -0.15) is 0 Å². The van der Waals surface area contributed by atoms with Crippen LogP contribution >= 0.6 is 0 Å². The van der Waals surface area contributed by atoms with Gasteiger partial charge < -0.3 is 19.9 Å². The third-order valence-corrected chi connectivity index (χ3v) is 6.19. The molecular weight excluding hydrogens is 330 g/mol. The minimum absolute atomic E-state index is 0.0101. The van der Waals surface area contributed by atoms with E-state index in [2.05, 4.69) is 17.4 Å². The van der Waals surface area contributed by atoms with Crippen LogP contribution < -0.4 is 10.1 Å². The fourth-order valence-corrected chi connectivity index (χ4v) is 4.27. The predicted octanol–water partition coefficient (Wildman–Crippen LogP) is 2.12. The van der Waals surface area contributed by atoms with Crippen LogP contribution in [0.15, 0.2) is 18.2 Å². The van der Waals surface area contributed by atoms with Gasteiger partial charge in [-0.05, 0) is 48.4 Å². The van der Waals surface area contributed by atoms with Crippen molar-refractivity contribution in [3.05, 3.63) is 29.3 Å². The average molecular weight is 357 g/mol. The summed E-state index contributed by atoms with van der Waals surface area (Å²) in [7, 11) is 3.53. The van der Waals surface area contributed by atoms with Crippen molar-refractivity contribution in [2.24, 2.45) is 5.92 Å². The standard InChI is InChI=1S/C20H27N3O3/c1-22-8-5-14(9-18(22)24)11-21-19(25)23-12-15-3-4-16(26-2)10-17(15)20(13-23)6-7-20/h3-4,10,14H,5-9,11-13H2,1-2H3,(H,21,25). The van der Waals surface area contributed by atoms with E-state index in [-0.39, 0.29) is 23.3 Å². The Hall–Kier alpha value is -2.24. The van der Waals surface area contributed by atoms with Crippen LogP contribution in [0.1, 0.15) is 36.8 Å². The predicted molar refractivity (Wildman–Crippen MR) is 98.1 cm³/mol. The van der Waals surface area contributed by atoms with Gasteiger partial charge in [-0.3, -0.25) is 4.79 Å². The fraction of sp³-hybridized carbons (Fsp3) is 0.600. The summed E-state index contributed by atoms with van der Waals surface area (Å²) in [6.45, 7) is 2.77. The van der Waals surface area contributed by atoms with Crippen LogP contribution in [0, 0.1) is 5.92 Å². The average Bonchev–Trinajstić information content (AvgIpc) is 3.42. The van der Waals surface area contributed by atoms with Gasteiger partial charge in [-0.1, -0.05) is 6.07 Å². The van der Waals surface area contributed by atoms with Gasteiger partial charge in [0.25, 0.3) is 0 Å². The monoisotopic (exact) mass is 357 g/mol. The molecule has 1 aliphatic carbocycles. The number of hydrogen-bond acceptors (Lipinski definition) is 3. The van der Waals surface area contributed by atoms with Gasteiger partial charge in [0.2, 0.25) is 5.91 Å². The molecule has 1 aromatic carbocycles. The summed E-state index contributed by atoms with van der Waals surface area (Å²) in [4.78, 5) is 28.3. The van der Waals surface area contributed by atoms with Crippen molar-refractivity contribution >= 4 is 11.9 Å². The van der Waals surface area contributed by atoms with E-state index in [4.69, 9.17) is 4.74 Å². The highest BCUT2D eigenvalue weighted by atomic mass is 16.5. The van der Waals surface area contributed by atoms with E-state index in [1.165, 1.54) is 11.1 Å². The van der Waals surface area contributed by atoms with Crippen LogP contribution in [0.2, 0.25) is 0 Å². The van der Waals surface area contributed by atoms with Gasteiger partial charge in [0.05, 0.1) is 7.11 Å². The first kappa shape index (κ1) is 17.2. The number of fused-ring (bicyclic) bond motifs is 2. The molecule has 1 atom stereocenters. The number of carbonyl (C=O) groups is 2. The molecule has 6 heteroatoms. The quantitative estimate of drug-likeness (QED) is 0.901. The minimum atomic E-state index is -0.0101. The summed E-state index contributed by atoms with van der Waals surface area (Å²) in [6, 6.07) is 6.19. The molecule has 0 radical (unpaired) electrons. The van der Waals surface area contributed by atoms with E-state index in [0.717, 1.165) is 38.1 Å². The molecule has 3 amide bonds. The van der Waals surface area contributed by atoms with Crippen molar-refractivity contribution < 1.29 is 14.3 Å². The molecule has 1 spiro atoms. The zero-order valence-electron chi connectivity index (χ0n) is 15.6. The Bertz CT molecular complexity index is 729. The molecule has 26 heavy (non-hydrogen) atoms. The Labute approximate surface area is 154 Å². The van der Waals surface area contributed by atoms with Crippen LogP contribution in [-0.2, 0) is 16.8 Å². The Morgan fingerprint density at radius 3 is 2.88 bits per heavy atom. The number of nitrogens with zero attached hydrogens (tertiary/aromatic N) is 2. The molecule has 140 valence electrons. The summed E-state index contributed by atoms with van der Waals surface area (Å²) in [5.74, 6) is 1.31. The Balaban J connectivity index is 1.39. The zero-order valence-corrected chi connectivity index (χ0v) is 15.6. The largest absolute Gasteiger partial charge is 0.497 e. The molecule has 3 aliphatic rings. The maximum absolute atomic E-state index is 12.7. The number of piperidine rings is 1. The number of nitrogens with one attached hydrogen (secondary N) is 1. The number of methoxy groups -OCH3 is 1. The Morgan fingerprint density at radius 1 is 1.38 bits per heavy atom. The zero-order chi connectivity index (χ0) is 18.3. The molecule has 1 saturated heterocycles. The van der Waals surface area contributed by atoms with E-state index in [0.29, 0.717) is 19.5 Å². The molecule has 4 rings (SSSR count). The fourth-order valence-electron chi connectivity index (χ4n) is 4.27.